The SMILES string of the molecule is Nc1ccc(Cc2ccc3ccccc3n2)cc1F. The molecule has 0 atom stereocenters. The van der Waals surface area contributed by atoms with E-state index in [1.807, 2.05) is 42.5 Å². The molecule has 94 valence electrons. The number of hydrogen-bond donors (Lipinski definition) is 1. The Hall–Kier alpha value is -2.42. The summed E-state index contributed by atoms with van der Waals surface area (Å²) >= 11 is 0. The van der Waals surface area contributed by atoms with Crippen LogP contribution < -0.4 is 5.73 Å². The zero-order chi connectivity index (χ0) is 13.2. The van der Waals surface area contributed by atoms with Gasteiger partial charge in [-0.1, -0.05) is 30.3 Å². The first-order chi connectivity index (χ1) is 9.22. The molecule has 0 aliphatic rings. The first-order valence-corrected chi connectivity index (χ1v) is 6.11. The van der Waals surface area contributed by atoms with Gasteiger partial charge in [-0.05, 0) is 29.8 Å². The summed E-state index contributed by atoms with van der Waals surface area (Å²) in [5.74, 6) is -0.377. The van der Waals surface area contributed by atoms with Crippen molar-refractivity contribution in [2.75, 3.05) is 5.73 Å². The van der Waals surface area contributed by atoms with Gasteiger partial charge in [0.1, 0.15) is 5.82 Å². The van der Waals surface area contributed by atoms with E-state index in [4.69, 9.17) is 5.73 Å². The maximum Gasteiger partial charge on any atom is 0.146 e. The van der Waals surface area contributed by atoms with Gasteiger partial charge in [0.2, 0.25) is 0 Å². The topological polar surface area (TPSA) is 38.9 Å². The minimum Gasteiger partial charge on any atom is -0.396 e. The van der Waals surface area contributed by atoms with Gasteiger partial charge in [0.15, 0.2) is 0 Å². The van der Waals surface area contributed by atoms with E-state index in [-0.39, 0.29) is 11.5 Å². The van der Waals surface area contributed by atoms with Crippen LogP contribution in [0.1, 0.15) is 11.3 Å². The van der Waals surface area contributed by atoms with Gasteiger partial charge in [-0.15, -0.1) is 0 Å². The number of fused-ring (bicyclic) bond motifs is 1. The Bertz CT molecular complexity index is 738. The van der Waals surface area contributed by atoms with Gasteiger partial charge in [0, 0.05) is 17.5 Å². The largest absolute Gasteiger partial charge is 0.396 e. The van der Waals surface area contributed by atoms with Crippen LogP contribution >= 0.6 is 0 Å². The minimum atomic E-state index is -0.377. The third-order valence-corrected chi connectivity index (χ3v) is 3.11. The Balaban J connectivity index is 1.94. The van der Waals surface area contributed by atoms with Gasteiger partial charge in [0.05, 0.1) is 11.2 Å². The predicted molar refractivity (Wildman–Crippen MR) is 75.4 cm³/mol. The molecule has 0 amide bonds. The standard InChI is InChI=1S/C16H13FN2/c17-14-10-11(5-8-15(14)18)9-13-7-6-12-3-1-2-4-16(12)19-13/h1-8,10H,9,18H2. The van der Waals surface area contributed by atoms with Crippen molar-refractivity contribution >= 4 is 16.6 Å². The molecule has 0 saturated carbocycles. The second-order valence-corrected chi connectivity index (χ2v) is 4.53. The highest BCUT2D eigenvalue weighted by Crippen LogP contribution is 2.17. The lowest BCUT2D eigenvalue weighted by molar-refractivity contribution is 0.630. The van der Waals surface area contributed by atoms with Gasteiger partial charge >= 0.3 is 0 Å². The van der Waals surface area contributed by atoms with E-state index >= 15 is 0 Å². The molecule has 0 radical (unpaired) electrons. The smallest absolute Gasteiger partial charge is 0.146 e. The molecule has 0 spiro atoms. The third-order valence-electron chi connectivity index (χ3n) is 3.11. The lowest BCUT2D eigenvalue weighted by Crippen LogP contribution is -1.96. The van der Waals surface area contributed by atoms with Crippen LogP contribution in [0, 0.1) is 5.82 Å². The lowest BCUT2D eigenvalue weighted by Gasteiger charge is -2.04. The first kappa shape index (κ1) is 11.7. The molecule has 2 N–H and O–H groups in total. The molecule has 3 rings (SSSR count). The zero-order valence-corrected chi connectivity index (χ0v) is 10.3. The summed E-state index contributed by atoms with van der Waals surface area (Å²) in [7, 11) is 0. The third kappa shape index (κ3) is 2.40. The van der Waals surface area contributed by atoms with Crippen LogP contribution in [0.15, 0.2) is 54.6 Å². The number of nitrogen functional groups attached to an aromatic ring is 1. The number of para-hydroxylation sites is 1. The Morgan fingerprint density at radius 1 is 1.00 bits per heavy atom. The summed E-state index contributed by atoms with van der Waals surface area (Å²) in [5, 5.41) is 1.11. The number of nitrogens with two attached hydrogens (primary N) is 1. The van der Waals surface area contributed by atoms with Gasteiger partial charge < -0.3 is 5.73 Å². The Labute approximate surface area is 110 Å². The van der Waals surface area contributed by atoms with Crippen LogP contribution in [-0.4, -0.2) is 4.98 Å². The molecule has 0 saturated heterocycles. The monoisotopic (exact) mass is 252 g/mol. The first-order valence-electron chi connectivity index (χ1n) is 6.11. The molecule has 1 heterocycles. The van der Waals surface area contributed by atoms with Gasteiger partial charge in [-0.2, -0.15) is 0 Å². The van der Waals surface area contributed by atoms with Crippen LogP contribution in [0.4, 0.5) is 10.1 Å². The van der Waals surface area contributed by atoms with Crippen LogP contribution in [-0.2, 0) is 6.42 Å². The number of benzene rings is 2. The van der Waals surface area contributed by atoms with Crippen molar-refractivity contribution in [2.24, 2.45) is 0 Å². The Kier molecular flexibility index (Phi) is 2.88. The number of rotatable bonds is 2. The molecule has 0 unspecified atom stereocenters. The normalized spacial score (nSPS) is 10.8. The number of halogens is 1. The molecular weight excluding hydrogens is 239 g/mol. The Morgan fingerprint density at radius 3 is 2.68 bits per heavy atom. The summed E-state index contributed by atoms with van der Waals surface area (Å²) in [4.78, 5) is 4.57. The summed E-state index contributed by atoms with van der Waals surface area (Å²) in [6, 6.07) is 16.8. The molecule has 0 fully saturated rings. The van der Waals surface area contributed by atoms with Crippen molar-refractivity contribution in [1.82, 2.24) is 4.98 Å². The molecule has 0 aliphatic heterocycles. The number of nitrogens with zero attached hydrogens (tertiary/aromatic N) is 1. The van der Waals surface area contributed by atoms with Crippen LogP contribution in [0.3, 0.4) is 0 Å². The van der Waals surface area contributed by atoms with Gasteiger partial charge in [0.25, 0.3) is 0 Å². The minimum absolute atomic E-state index is 0.176. The maximum absolute atomic E-state index is 13.4. The van der Waals surface area contributed by atoms with Gasteiger partial charge in [-0.3, -0.25) is 4.98 Å². The fraction of sp³-hybridized carbons (Fsp3) is 0.0625. The van der Waals surface area contributed by atoms with Crippen molar-refractivity contribution in [3.05, 3.63) is 71.7 Å². The number of pyridine rings is 1. The van der Waals surface area contributed by atoms with Crippen molar-refractivity contribution in [1.29, 1.82) is 0 Å². The fourth-order valence-electron chi connectivity index (χ4n) is 2.10. The molecule has 1 aromatic heterocycles. The van der Waals surface area contributed by atoms with E-state index in [9.17, 15) is 4.39 Å². The van der Waals surface area contributed by atoms with Crippen molar-refractivity contribution in [2.45, 2.75) is 6.42 Å². The van der Waals surface area contributed by atoms with E-state index < -0.39 is 0 Å². The van der Waals surface area contributed by atoms with E-state index in [1.165, 1.54) is 6.07 Å². The number of hydrogen-bond acceptors (Lipinski definition) is 2. The summed E-state index contributed by atoms with van der Waals surface area (Å²) in [5.41, 5.74) is 8.39. The number of anilines is 1. The highest BCUT2D eigenvalue weighted by Gasteiger charge is 2.03. The van der Waals surface area contributed by atoms with Crippen molar-refractivity contribution < 1.29 is 4.39 Å². The molecule has 3 heteroatoms. The average Bonchev–Trinajstić information content (AvgIpc) is 2.43. The second kappa shape index (κ2) is 4.69. The summed E-state index contributed by atoms with van der Waals surface area (Å²) < 4.78 is 13.4. The van der Waals surface area contributed by atoms with Crippen molar-refractivity contribution in [3.8, 4) is 0 Å². The maximum atomic E-state index is 13.4. The van der Waals surface area contributed by atoms with E-state index in [1.54, 1.807) is 6.07 Å². The van der Waals surface area contributed by atoms with Crippen LogP contribution in [0.5, 0.6) is 0 Å². The van der Waals surface area contributed by atoms with E-state index in [0.717, 1.165) is 22.2 Å². The lowest BCUT2D eigenvalue weighted by atomic mass is 10.1. The molecule has 19 heavy (non-hydrogen) atoms. The molecular formula is C16H13FN2. The van der Waals surface area contributed by atoms with E-state index in [2.05, 4.69) is 4.98 Å². The van der Waals surface area contributed by atoms with E-state index in [0.29, 0.717) is 6.42 Å². The molecule has 3 aromatic rings. The zero-order valence-electron chi connectivity index (χ0n) is 10.3. The van der Waals surface area contributed by atoms with Crippen LogP contribution in [0.25, 0.3) is 10.9 Å². The van der Waals surface area contributed by atoms with Gasteiger partial charge in [-0.25, -0.2) is 4.39 Å². The molecule has 2 aromatic carbocycles. The fourth-order valence-corrected chi connectivity index (χ4v) is 2.10. The second-order valence-electron chi connectivity index (χ2n) is 4.53. The summed E-state index contributed by atoms with van der Waals surface area (Å²) in [6.45, 7) is 0. The molecule has 2 nitrogen and oxygen atoms in total. The Morgan fingerprint density at radius 2 is 1.84 bits per heavy atom. The molecule has 0 aliphatic carbocycles. The number of aromatic nitrogens is 1. The average molecular weight is 252 g/mol. The highest BCUT2D eigenvalue weighted by atomic mass is 19.1. The highest BCUT2D eigenvalue weighted by molar-refractivity contribution is 5.78. The van der Waals surface area contributed by atoms with Crippen LogP contribution in [0.2, 0.25) is 0 Å². The quantitative estimate of drug-likeness (QED) is 0.708. The predicted octanol–water partition coefficient (Wildman–Crippen LogP) is 3.55. The van der Waals surface area contributed by atoms with Crippen molar-refractivity contribution in [3.63, 3.8) is 0 Å². The summed E-state index contributed by atoms with van der Waals surface area (Å²) in [6.07, 6.45) is 0.599. The molecule has 0 bridgehead atoms.